The fourth-order valence-corrected chi connectivity index (χ4v) is 3.81. The number of quaternary nitrogens is 1. The Labute approximate surface area is 154 Å². The van der Waals surface area contributed by atoms with Gasteiger partial charge in [0.2, 0.25) is 0 Å². The Hall–Kier alpha value is -2.65. The third-order valence-corrected chi connectivity index (χ3v) is 5.48. The number of ether oxygens (including phenoxy) is 1. The Morgan fingerprint density at radius 1 is 1.15 bits per heavy atom. The normalized spacial score (nSPS) is 15.3. The van der Waals surface area contributed by atoms with Crippen LogP contribution >= 0.6 is 11.3 Å². The molecule has 1 saturated heterocycles. The van der Waals surface area contributed by atoms with E-state index in [1.807, 2.05) is 29.6 Å². The Balaban J connectivity index is 1.37. The first-order valence-electron chi connectivity index (χ1n) is 8.54. The molecule has 8 nitrogen and oxygen atoms in total. The van der Waals surface area contributed by atoms with E-state index in [4.69, 9.17) is 4.74 Å². The number of tetrazole rings is 1. The van der Waals surface area contributed by atoms with E-state index in [2.05, 4.69) is 27.5 Å². The number of anilines is 1. The molecule has 26 heavy (non-hydrogen) atoms. The quantitative estimate of drug-likeness (QED) is 0.674. The SMILES string of the molecule is COc1ccc(N2CC[NH+](Cn3nnn(-c4cccs4)c3=O)CC2)cc1. The van der Waals surface area contributed by atoms with Crippen LogP contribution in [0.1, 0.15) is 0 Å². The van der Waals surface area contributed by atoms with Gasteiger partial charge in [-0.2, -0.15) is 0 Å². The van der Waals surface area contributed by atoms with Gasteiger partial charge >= 0.3 is 5.69 Å². The highest BCUT2D eigenvalue weighted by atomic mass is 32.1. The van der Waals surface area contributed by atoms with E-state index < -0.39 is 0 Å². The molecule has 4 rings (SSSR count). The third kappa shape index (κ3) is 3.35. The molecule has 1 aliphatic heterocycles. The van der Waals surface area contributed by atoms with Crippen LogP contribution < -0.4 is 20.2 Å². The molecule has 1 aromatic carbocycles. The summed E-state index contributed by atoms with van der Waals surface area (Å²) >= 11 is 1.47. The van der Waals surface area contributed by atoms with Crippen LogP contribution in [0.25, 0.3) is 5.00 Å². The predicted octanol–water partition coefficient (Wildman–Crippen LogP) is -0.138. The van der Waals surface area contributed by atoms with Crippen LogP contribution in [-0.4, -0.2) is 53.1 Å². The van der Waals surface area contributed by atoms with Crippen molar-refractivity contribution in [3.63, 3.8) is 0 Å². The molecule has 3 heterocycles. The molecule has 0 radical (unpaired) electrons. The second-order valence-electron chi connectivity index (χ2n) is 6.22. The van der Waals surface area contributed by atoms with Gasteiger partial charge in [0.1, 0.15) is 10.8 Å². The summed E-state index contributed by atoms with van der Waals surface area (Å²) in [5, 5.41) is 10.7. The van der Waals surface area contributed by atoms with Gasteiger partial charge in [-0.1, -0.05) is 0 Å². The van der Waals surface area contributed by atoms with Gasteiger partial charge in [-0.25, -0.2) is 4.79 Å². The lowest BCUT2D eigenvalue weighted by Crippen LogP contribution is -3.14. The fourth-order valence-electron chi connectivity index (χ4n) is 3.15. The first kappa shape index (κ1) is 16.8. The van der Waals surface area contributed by atoms with Crippen LogP contribution in [0, 0.1) is 0 Å². The smallest absolute Gasteiger partial charge is 0.374 e. The van der Waals surface area contributed by atoms with E-state index in [9.17, 15) is 4.79 Å². The average Bonchev–Trinajstić information content (AvgIpc) is 3.33. The molecule has 2 aromatic heterocycles. The minimum atomic E-state index is -0.183. The molecule has 0 atom stereocenters. The van der Waals surface area contributed by atoms with Crippen molar-refractivity contribution < 1.29 is 9.64 Å². The van der Waals surface area contributed by atoms with Crippen LogP contribution in [0.3, 0.4) is 0 Å². The number of hydrogen-bond acceptors (Lipinski definition) is 6. The summed E-state index contributed by atoms with van der Waals surface area (Å²) in [6, 6.07) is 11.9. The van der Waals surface area contributed by atoms with E-state index in [-0.39, 0.29) is 5.69 Å². The lowest BCUT2D eigenvalue weighted by atomic mass is 10.2. The molecule has 1 aliphatic rings. The number of nitrogens with one attached hydrogen (secondary N) is 1. The van der Waals surface area contributed by atoms with E-state index in [0.29, 0.717) is 6.67 Å². The molecule has 0 unspecified atom stereocenters. The van der Waals surface area contributed by atoms with Crippen molar-refractivity contribution in [2.24, 2.45) is 0 Å². The van der Waals surface area contributed by atoms with E-state index in [1.165, 1.54) is 31.3 Å². The van der Waals surface area contributed by atoms with Crippen molar-refractivity contribution in [1.29, 1.82) is 0 Å². The summed E-state index contributed by atoms with van der Waals surface area (Å²) in [6.45, 7) is 4.32. The molecule has 1 fully saturated rings. The number of piperazine rings is 1. The summed E-state index contributed by atoms with van der Waals surface area (Å²) in [7, 11) is 1.67. The van der Waals surface area contributed by atoms with Crippen LogP contribution in [-0.2, 0) is 6.67 Å². The second-order valence-corrected chi connectivity index (χ2v) is 7.14. The molecule has 0 aliphatic carbocycles. The van der Waals surface area contributed by atoms with Gasteiger partial charge in [-0.05, 0) is 52.2 Å². The molecular weight excluding hydrogens is 352 g/mol. The minimum absolute atomic E-state index is 0.183. The van der Waals surface area contributed by atoms with Gasteiger partial charge in [-0.3, -0.25) is 0 Å². The highest BCUT2D eigenvalue weighted by molar-refractivity contribution is 7.12. The fraction of sp³-hybridized carbons (Fsp3) is 0.353. The molecule has 0 spiro atoms. The number of nitrogens with zero attached hydrogens (tertiary/aromatic N) is 5. The average molecular weight is 373 g/mol. The van der Waals surface area contributed by atoms with Crippen molar-refractivity contribution >= 4 is 17.0 Å². The molecule has 0 amide bonds. The Morgan fingerprint density at radius 3 is 2.58 bits per heavy atom. The zero-order valence-electron chi connectivity index (χ0n) is 14.5. The zero-order valence-corrected chi connectivity index (χ0v) is 15.4. The zero-order chi connectivity index (χ0) is 17.9. The van der Waals surface area contributed by atoms with Crippen LogP contribution in [0.4, 0.5) is 5.69 Å². The highest BCUT2D eigenvalue weighted by Crippen LogP contribution is 2.18. The van der Waals surface area contributed by atoms with E-state index in [0.717, 1.165) is 36.9 Å². The molecule has 0 saturated carbocycles. The lowest BCUT2D eigenvalue weighted by Gasteiger charge is -2.33. The molecule has 1 N–H and O–H groups in total. The number of rotatable bonds is 5. The standard InChI is InChI=1S/C17H20N6O2S/c1-25-15-6-4-14(5-7-15)21-10-8-20(9-11-21)13-22-17(24)23(19-18-22)16-3-2-12-26-16/h2-7,12H,8-11,13H2,1H3/p+1. The Morgan fingerprint density at radius 2 is 1.92 bits per heavy atom. The maximum absolute atomic E-state index is 12.5. The number of benzene rings is 1. The maximum atomic E-state index is 12.5. The lowest BCUT2D eigenvalue weighted by molar-refractivity contribution is -0.924. The molecular formula is C17H21N6O2S+. The Kier molecular flexibility index (Phi) is 4.72. The van der Waals surface area contributed by atoms with Crippen molar-refractivity contribution in [1.82, 2.24) is 19.8 Å². The summed E-state index contributed by atoms with van der Waals surface area (Å²) < 4.78 is 8.03. The topological polar surface area (TPSA) is 69.6 Å². The van der Waals surface area contributed by atoms with Gasteiger partial charge < -0.3 is 14.5 Å². The molecule has 0 bridgehead atoms. The van der Waals surface area contributed by atoms with Crippen LogP contribution in [0.5, 0.6) is 5.75 Å². The van der Waals surface area contributed by atoms with Gasteiger partial charge in [-0.15, -0.1) is 20.7 Å². The third-order valence-electron chi connectivity index (χ3n) is 4.64. The first-order valence-corrected chi connectivity index (χ1v) is 9.42. The highest BCUT2D eigenvalue weighted by Gasteiger charge is 2.22. The number of hydrogen-bond donors (Lipinski definition) is 1. The summed E-state index contributed by atoms with van der Waals surface area (Å²) in [5.41, 5.74) is 1.02. The van der Waals surface area contributed by atoms with Crippen molar-refractivity contribution in [3.8, 4) is 10.8 Å². The Bertz CT molecular complexity index is 894. The number of methoxy groups -OCH3 is 1. The summed E-state index contributed by atoms with van der Waals surface area (Å²) in [6.07, 6.45) is 0. The first-order chi connectivity index (χ1) is 12.7. The van der Waals surface area contributed by atoms with Crippen LogP contribution in [0.2, 0.25) is 0 Å². The van der Waals surface area contributed by atoms with Gasteiger partial charge in [0.25, 0.3) is 0 Å². The second kappa shape index (κ2) is 7.30. The van der Waals surface area contributed by atoms with Crippen molar-refractivity contribution in [2.75, 3.05) is 38.2 Å². The molecule has 136 valence electrons. The van der Waals surface area contributed by atoms with Gasteiger partial charge in [0.05, 0.1) is 33.3 Å². The maximum Gasteiger partial charge on any atom is 0.374 e. The van der Waals surface area contributed by atoms with Crippen molar-refractivity contribution in [3.05, 3.63) is 52.3 Å². The van der Waals surface area contributed by atoms with Crippen molar-refractivity contribution in [2.45, 2.75) is 6.67 Å². The summed E-state index contributed by atoms with van der Waals surface area (Å²) in [4.78, 5) is 16.1. The van der Waals surface area contributed by atoms with Gasteiger partial charge in [0, 0.05) is 5.69 Å². The molecule has 3 aromatic rings. The van der Waals surface area contributed by atoms with E-state index >= 15 is 0 Å². The minimum Gasteiger partial charge on any atom is -0.497 e. The van der Waals surface area contributed by atoms with E-state index in [1.54, 1.807) is 7.11 Å². The van der Waals surface area contributed by atoms with Gasteiger partial charge in [0.15, 0.2) is 6.67 Å². The number of thiophene rings is 1. The largest absolute Gasteiger partial charge is 0.497 e. The monoisotopic (exact) mass is 373 g/mol. The predicted molar refractivity (Wildman–Crippen MR) is 99.4 cm³/mol. The summed E-state index contributed by atoms with van der Waals surface area (Å²) in [5.74, 6) is 0.867. The van der Waals surface area contributed by atoms with Crippen LogP contribution in [0.15, 0.2) is 46.6 Å². The number of aromatic nitrogens is 4. The molecule has 9 heteroatoms.